The molecule has 0 atom stereocenters. The second kappa shape index (κ2) is 16.7. The lowest BCUT2D eigenvalue weighted by Crippen LogP contribution is -2.09. The van der Waals surface area contributed by atoms with Crippen LogP contribution in [0.4, 0.5) is 22.7 Å². The highest BCUT2D eigenvalue weighted by Crippen LogP contribution is 2.52. The lowest BCUT2D eigenvalue weighted by atomic mass is 10.1. The summed E-state index contributed by atoms with van der Waals surface area (Å²) in [5.41, 5.74) is 26.5. The van der Waals surface area contributed by atoms with E-state index in [4.69, 9.17) is 50.1 Å². The standard InChI is InChI=1S/C20H21N2O4P.C18H17N2O4P/c1-14-6-3-7-15(2)20(14)26-27(23,24-18-10-4-8-16(21)12-18)25-19-11-5-9-17(22)13-19;19-14-6-4-10-17(12-14)23-25(21,22-16-8-2-1-3-9-16)24-18-11-5-7-15(20)13-18/h3-13H,21-22H2,1-2H3;1-13H,19-20H2. The molecule has 0 amide bonds. The molecule has 6 rings (SSSR count). The van der Waals surface area contributed by atoms with E-state index in [0.29, 0.717) is 34.2 Å². The number of rotatable bonds is 12. The van der Waals surface area contributed by atoms with Crippen LogP contribution in [-0.2, 0) is 9.13 Å². The van der Waals surface area contributed by atoms with Gasteiger partial charge in [0.05, 0.1) is 0 Å². The first-order chi connectivity index (χ1) is 24.9. The first kappa shape index (κ1) is 37.0. The average Bonchev–Trinajstić information content (AvgIpc) is 3.07. The minimum absolute atomic E-state index is 0.267. The van der Waals surface area contributed by atoms with E-state index in [2.05, 4.69) is 0 Å². The van der Waals surface area contributed by atoms with Crippen LogP contribution >= 0.6 is 15.6 Å². The van der Waals surface area contributed by atoms with Crippen molar-refractivity contribution in [3.05, 3.63) is 157 Å². The monoisotopic (exact) mass is 740 g/mol. The van der Waals surface area contributed by atoms with Crippen molar-refractivity contribution >= 4 is 38.4 Å². The van der Waals surface area contributed by atoms with Gasteiger partial charge in [-0.1, -0.05) is 60.7 Å². The Morgan fingerprint density at radius 3 is 1.00 bits per heavy atom. The largest absolute Gasteiger partial charge is 0.647 e. The van der Waals surface area contributed by atoms with E-state index in [-0.39, 0.29) is 23.0 Å². The molecule has 0 spiro atoms. The van der Waals surface area contributed by atoms with E-state index in [1.165, 1.54) is 12.1 Å². The Morgan fingerprint density at radius 2 is 0.654 bits per heavy atom. The molecule has 12 nitrogen and oxygen atoms in total. The van der Waals surface area contributed by atoms with Gasteiger partial charge in [-0.05, 0) is 85.6 Å². The van der Waals surface area contributed by atoms with Gasteiger partial charge in [0.15, 0.2) is 0 Å². The van der Waals surface area contributed by atoms with E-state index < -0.39 is 15.6 Å². The molecule has 0 bridgehead atoms. The van der Waals surface area contributed by atoms with Crippen LogP contribution in [0.1, 0.15) is 11.1 Å². The molecule has 0 aliphatic carbocycles. The van der Waals surface area contributed by atoms with Gasteiger partial charge in [0.2, 0.25) is 0 Å². The normalized spacial score (nSPS) is 11.0. The van der Waals surface area contributed by atoms with Crippen LogP contribution in [0, 0.1) is 13.8 Å². The zero-order chi connectivity index (χ0) is 37.1. The van der Waals surface area contributed by atoms with E-state index in [1.54, 1.807) is 109 Å². The number of benzene rings is 6. The molecular weight excluding hydrogens is 702 g/mol. The van der Waals surface area contributed by atoms with Gasteiger partial charge in [-0.25, -0.2) is 0 Å². The molecule has 0 unspecified atom stereocenters. The zero-order valence-electron chi connectivity index (χ0n) is 28.3. The van der Waals surface area contributed by atoms with Crippen molar-refractivity contribution in [2.75, 3.05) is 22.9 Å². The molecule has 0 heterocycles. The van der Waals surface area contributed by atoms with Crippen molar-refractivity contribution < 1.29 is 36.3 Å². The molecule has 0 saturated heterocycles. The fourth-order valence-electron chi connectivity index (χ4n) is 4.58. The molecule has 8 N–H and O–H groups in total. The molecule has 0 aromatic heterocycles. The van der Waals surface area contributed by atoms with E-state index in [0.717, 1.165) is 11.1 Å². The highest BCUT2D eigenvalue weighted by atomic mass is 31.2. The second-order valence-corrected chi connectivity index (χ2v) is 14.2. The fourth-order valence-corrected chi connectivity index (χ4v) is 7.18. The minimum Gasteiger partial charge on any atom is -0.399 e. The number of hydrogen-bond donors (Lipinski definition) is 4. The number of nitrogens with two attached hydrogens (primary N) is 4. The van der Waals surface area contributed by atoms with Crippen LogP contribution in [0.2, 0.25) is 0 Å². The van der Waals surface area contributed by atoms with Crippen LogP contribution in [0.3, 0.4) is 0 Å². The lowest BCUT2D eigenvalue weighted by molar-refractivity contribution is 0.296. The zero-order valence-corrected chi connectivity index (χ0v) is 30.1. The molecule has 0 fully saturated rings. The minimum atomic E-state index is -4.09. The van der Waals surface area contributed by atoms with E-state index in [9.17, 15) is 9.13 Å². The molecule has 6 aromatic rings. The summed E-state index contributed by atoms with van der Waals surface area (Å²) in [7, 11) is -8.13. The number of phosphoric ester groups is 2. The fraction of sp³-hybridized carbons (Fsp3) is 0.0526. The summed E-state index contributed by atoms with van der Waals surface area (Å²) in [6.07, 6.45) is 0. The maximum atomic E-state index is 13.5. The third-order valence-corrected chi connectivity index (χ3v) is 9.45. The summed E-state index contributed by atoms with van der Waals surface area (Å²) in [5.74, 6) is 1.86. The Balaban J connectivity index is 0.000000202. The predicted octanol–water partition coefficient (Wildman–Crippen LogP) is 9.61. The Labute approximate surface area is 302 Å². The number of phosphoric acid groups is 2. The van der Waals surface area contributed by atoms with Gasteiger partial charge in [-0.2, -0.15) is 9.13 Å². The maximum Gasteiger partial charge on any atom is 0.647 e. The first-order valence-electron chi connectivity index (χ1n) is 15.8. The Hall–Kier alpha value is -6.22. The van der Waals surface area contributed by atoms with Crippen molar-refractivity contribution in [3.8, 4) is 34.5 Å². The molecule has 0 radical (unpaired) electrons. The lowest BCUT2D eigenvalue weighted by Gasteiger charge is -2.21. The first-order valence-corrected chi connectivity index (χ1v) is 18.7. The van der Waals surface area contributed by atoms with Gasteiger partial charge in [0, 0.05) is 47.0 Å². The third kappa shape index (κ3) is 10.9. The summed E-state index contributed by atoms with van der Waals surface area (Å²) in [4.78, 5) is 0. The van der Waals surface area contributed by atoms with Gasteiger partial charge in [0.1, 0.15) is 34.5 Å². The smallest absolute Gasteiger partial charge is 0.399 e. The van der Waals surface area contributed by atoms with Crippen molar-refractivity contribution in [2.24, 2.45) is 0 Å². The number of aryl methyl sites for hydroxylation is 2. The average molecular weight is 741 g/mol. The predicted molar refractivity (Wildman–Crippen MR) is 205 cm³/mol. The third-order valence-electron chi connectivity index (χ3n) is 6.87. The van der Waals surface area contributed by atoms with Crippen molar-refractivity contribution in [1.29, 1.82) is 0 Å². The highest BCUT2D eigenvalue weighted by Gasteiger charge is 2.35. The van der Waals surface area contributed by atoms with Crippen molar-refractivity contribution in [2.45, 2.75) is 13.8 Å². The Bertz CT molecular complexity index is 2100. The van der Waals surface area contributed by atoms with Crippen LogP contribution in [0.5, 0.6) is 34.5 Å². The van der Waals surface area contributed by atoms with Gasteiger partial charge in [0.25, 0.3) is 0 Å². The topological polar surface area (TPSA) is 194 Å². The van der Waals surface area contributed by atoms with Crippen LogP contribution in [0.15, 0.2) is 146 Å². The molecule has 268 valence electrons. The number of anilines is 4. The molecule has 0 saturated carbocycles. The van der Waals surface area contributed by atoms with Gasteiger partial charge in [-0.15, -0.1) is 0 Å². The Kier molecular flexibility index (Phi) is 11.9. The van der Waals surface area contributed by atoms with Crippen LogP contribution in [0.25, 0.3) is 0 Å². The summed E-state index contributed by atoms with van der Waals surface area (Å²) in [6.45, 7) is 3.71. The number of hydrogen-bond acceptors (Lipinski definition) is 12. The molecule has 0 aliphatic rings. The van der Waals surface area contributed by atoms with Crippen molar-refractivity contribution in [3.63, 3.8) is 0 Å². The van der Waals surface area contributed by atoms with Crippen molar-refractivity contribution in [1.82, 2.24) is 0 Å². The summed E-state index contributed by atoms with van der Waals surface area (Å²) >= 11 is 0. The van der Waals surface area contributed by atoms with Gasteiger partial charge >= 0.3 is 15.6 Å². The number of para-hydroxylation sites is 2. The second-order valence-electron chi connectivity index (χ2n) is 11.3. The summed E-state index contributed by atoms with van der Waals surface area (Å²) in [6, 6.07) is 40.3. The summed E-state index contributed by atoms with van der Waals surface area (Å²) < 4.78 is 60.3. The van der Waals surface area contributed by atoms with Gasteiger partial charge in [-0.3, -0.25) is 0 Å². The molecule has 14 heteroatoms. The van der Waals surface area contributed by atoms with Gasteiger partial charge < -0.3 is 50.1 Å². The maximum absolute atomic E-state index is 13.5. The van der Waals surface area contributed by atoms with Crippen LogP contribution in [-0.4, -0.2) is 0 Å². The highest BCUT2D eigenvalue weighted by molar-refractivity contribution is 7.50. The molecular formula is C38H38N4O8P2. The molecule has 0 aliphatic heterocycles. The quantitative estimate of drug-likeness (QED) is 0.0686. The SMILES string of the molecule is Cc1cccc(C)c1OP(=O)(Oc1cccc(N)c1)Oc1cccc(N)c1.Nc1cccc(OP(=O)(Oc2ccccc2)Oc2cccc(N)c2)c1. The van der Waals surface area contributed by atoms with E-state index in [1.807, 2.05) is 38.1 Å². The molecule has 52 heavy (non-hydrogen) atoms. The summed E-state index contributed by atoms with van der Waals surface area (Å²) in [5, 5.41) is 0. The number of nitrogen functional groups attached to an aromatic ring is 4. The van der Waals surface area contributed by atoms with Crippen LogP contribution < -0.4 is 50.1 Å². The van der Waals surface area contributed by atoms with E-state index >= 15 is 0 Å². The molecule has 6 aromatic carbocycles. The Morgan fingerprint density at radius 1 is 0.365 bits per heavy atom.